The normalized spacial score (nSPS) is 10.6. The lowest BCUT2D eigenvalue weighted by molar-refractivity contribution is -0.142. The van der Waals surface area contributed by atoms with Gasteiger partial charge in [-0.2, -0.15) is 0 Å². The first kappa shape index (κ1) is 18.4. The van der Waals surface area contributed by atoms with Gasteiger partial charge in [0, 0.05) is 22.2 Å². The summed E-state index contributed by atoms with van der Waals surface area (Å²) < 4.78 is 5.02. The summed E-state index contributed by atoms with van der Waals surface area (Å²) in [6.45, 7) is 1.17. The Bertz CT molecular complexity index is 976. The average Bonchev–Trinajstić information content (AvgIpc) is 3.01. The largest absolute Gasteiger partial charge is 0.456 e. The highest BCUT2D eigenvalue weighted by Gasteiger charge is 2.17. The zero-order valence-corrected chi connectivity index (χ0v) is 15.0. The van der Waals surface area contributed by atoms with Crippen molar-refractivity contribution in [3.8, 4) is 0 Å². The molecule has 1 aromatic heterocycles. The second-order valence-corrected chi connectivity index (χ2v) is 6.19. The van der Waals surface area contributed by atoms with Gasteiger partial charge in [-0.3, -0.25) is 14.4 Å². The van der Waals surface area contributed by atoms with Gasteiger partial charge in [-0.25, -0.2) is 0 Å². The highest BCUT2D eigenvalue weighted by atomic mass is 16.5. The highest BCUT2D eigenvalue weighted by molar-refractivity contribution is 6.10. The molecule has 1 amide bonds. The number of amides is 1. The van der Waals surface area contributed by atoms with E-state index in [1.807, 2.05) is 54.6 Å². The van der Waals surface area contributed by atoms with E-state index in [9.17, 15) is 14.4 Å². The predicted octanol–water partition coefficient (Wildman–Crippen LogP) is 2.56. The average molecular weight is 364 g/mol. The van der Waals surface area contributed by atoms with Crippen molar-refractivity contribution in [1.82, 2.24) is 10.3 Å². The van der Waals surface area contributed by atoms with Crippen LogP contribution in [-0.2, 0) is 20.7 Å². The standard InChI is InChI=1S/C21H20N2O4/c1-14-21(16-9-5-6-10-17(16)23-14)18(24)13-27-20(26)12-22-19(25)11-15-7-3-2-4-8-15/h2-10,23H,11-13H2,1H3,(H,22,25). The third-order valence-corrected chi connectivity index (χ3v) is 4.17. The molecule has 0 spiro atoms. The number of carbonyl (C=O) groups is 3. The summed E-state index contributed by atoms with van der Waals surface area (Å²) in [5.41, 5.74) is 2.96. The molecule has 0 aliphatic rings. The Labute approximate surface area is 156 Å². The van der Waals surface area contributed by atoms with Crippen molar-refractivity contribution < 1.29 is 19.1 Å². The van der Waals surface area contributed by atoms with Crippen molar-refractivity contribution in [3.05, 3.63) is 71.4 Å². The Morgan fingerprint density at radius 3 is 2.48 bits per heavy atom. The number of esters is 1. The van der Waals surface area contributed by atoms with Crippen molar-refractivity contribution in [2.45, 2.75) is 13.3 Å². The van der Waals surface area contributed by atoms with Gasteiger partial charge in [0.15, 0.2) is 6.61 Å². The molecule has 0 bridgehead atoms. The number of Topliss-reactive ketones (excluding diaryl/α,β-unsaturated/α-hetero) is 1. The minimum absolute atomic E-state index is 0.182. The lowest BCUT2D eigenvalue weighted by Crippen LogP contribution is -2.32. The first-order valence-electron chi connectivity index (χ1n) is 8.61. The Hall–Kier alpha value is -3.41. The monoisotopic (exact) mass is 364 g/mol. The zero-order chi connectivity index (χ0) is 19.2. The molecule has 138 valence electrons. The summed E-state index contributed by atoms with van der Waals surface area (Å²) in [6.07, 6.45) is 0.182. The maximum absolute atomic E-state index is 12.4. The molecule has 2 aromatic carbocycles. The molecule has 6 heteroatoms. The van der Waals surface area contributed by atoms with Crippen LogP contribution < -0.4 is 5.32 Å². The molecule has 0 unspecified atom stereocenters. The zero-order valence-electron chi connectivity index (χ0n) is 15.0. The second-order valence-electron chi connectivity index (χ2n) is 6.19. The number of fused-ring (bicyclic) bond motifs is 1. The number of ether oxygens (including phenoxy) is 1. The number of rotatable bonds is 7. The minimum Gasteiger partial charge on any atom is -0.456 e. The van der Waals surface area contributed by atoms with Gasteiger partial charge in [0.1, 0.15) is 6.54 Å². The number of ketones is 1. The van der Waals surface area contributed by atoms with Crippen LogP contribution in [0.1, 0.15) is 21.6 Å². The van der Waals surface area contributed by atoms with Gasteiger partial charge in [0.05, 0.1) is 6.42 Å². The summed E-state index contributed by atoms with van der Waals surface area (Å²) in [4.78, 5) is 39.2. The molecule has 2 N–H and O–H groups in total. The molecule has 6 nitrogen and oxygen atoms in total. The molecule has 27 heavy (non-hydrogen) atoms. The van der Waals surface area contributed by atoms with Crippen LogP contribution in [0.3, 0.4) is 0 Å². The number of para-hydroxylation sites is 1. The lowest BCUT2D eigenvalue weighted by atomic mass is 10.1. The van der Waals surface area contributed by atoms with Crippen LogP contribution in [0, 0.1) is 6.92 Å². The number of aromatic nitrogens is 1. The third-order valence-electron chi connectivity index (χ3n) is 4.17. The van der Waals surface area contributed by atoms with Crippen molar-refractivity contribution in [1.29, 1.82) is 0 Å². The van der Waals surface area contributed by atoms with E-state index < -0.39 is 5.97 Å². The molecule has 1 heterocycles. The van der Waals surface area contributed by atoms with Gasteiger partial charge in [-0.15, -0.1) is 0 Å². The van der Waals surface area contributed by atoms with Crippen LogP contribution >= 0.6 is 0 Å². The first-order valence-corrected chi connectivity index (χ1v) is 8.61. The number of aryl methyl sites for hydroxylation is 1. The van der Waals surface area contributed by atoms with Gasteiger partial charge >= 0.3 is 5.97 Å². The highest BCUT2D eigenvalue weighted by Crippen LogP contribution is 2.22. The molecular formula is C21H20N2O4. The van der Waals surface area contributed by atoms with Crippen LogP contribution in [0.4, 0.5) is 0 Å². The van der Waals surface area contributed by atoms with Gasteiger partial charge in [0.2, 0.25) is 11.7 Å². The molecule has 0 atom stereocenters. The Kier molecular flexibility index (Phi) is 5.66. The van der Waals surface area contributed by atoms with Crippen molar-refractivity contribution in [3.63, 3.8) is 0 Å². The molecule has 3 rings (SSSR count). The maximum Gasteiger partial charge on any atom is 0.325 e. The van der Waals surface area contributed by atoms with Crippen molar-refractivity contribution in [2.24, 2.45) is 0 Å². The topological polar surface area (TPSA) is 88.3 Å². The lowest BCUT2D eigenvalue weighted by Gasteiger charge is -2.07. The van der Waals surface area contributed by atoms with E-state index in [2.05, 4.69) is 10.3 Å². The van der Waals surface area contributed by atoms with Gasteiger partial charge in [0.25, 0.3) is 0 Å². The summed E-state index contributed by atoms with van der Waals surface area (Å²) in [5, 5.41) is 3.30. The number of H-pyrrole nitrogens is 1. The van der Waals surface area contributed by atoms with Gasteiger partial charge < -0.3 is 15.0 Å². The van der Waals surface area contributed by atoms with E-state index in [0.29, 0.717) is 5.56 Å². The van der Waals surface area contributed by atoms with Gasteiger partial charge in [-0.1, -0.05) is 48.5 Å². The van der Waals surface area contributed by atoms with Crippen LogP contribution in [0.5, 0.6) is 0 Å². The molecule has 3 aromatic rings. The fraction of sp³-hybridized carbons (Fsp3) is 0.190. The molecular weight excluding hydrogens is 344 g/mol. The number of carbonyl (C=O) groups excluding carboxylic acids is 3. The number of hydrogen-bond donors (Lipinski definition) is 2. The quantitative estimate of drug-likeness (QED) is 0.498. The summed E-state index contributed by atoms with van der Waals surface area (Å²) >= 11 is 0. The van der Waals surface area contributed by atoms with Crippen molar-refractivity contribution in [2.75, 3.05) is 13.2 Å². The molecule has 0 aliphatic carbocycles. The van der Waals surface area contributed by atoms with Crippen LogP contribution in [0.25, 0.3) is 10.9 Å². The molecule has 0 aliphatic heterocycles. The van der Waals surface area contributed by atoms with Crippen molar-refractivity contribution >= 4 is 28.6 Å². The SMILES string of the molecule is Cc1[nH]c2ccccc2c1C(=O)COC(=O)CNC(=O)Cc1ccccc1. The minimum atomic E-state index is -0.651. The molecule has 0 fully saturated rings. The number of hydrogen-bond acceptors (Lipinski definition) is 4. The maximum atomic E-state index is 12.4. The smallest absolute Gasteiger partial charge is 0.325 e. The van der Waals surface area contributed by atoms with E-state index in [-0.39, 0.29) is 31.3 Å². The third kappa shape index (κ3) is 4.61. The summed E-state index contributed by atoms with van der Waals surface area (Å²) in [6, 6.07) is 16.7. The van der Waals surface area contributed by atoms with E-state index in [1.54, 1.807) is 6.92 Å². The van der Waals surface area contributed by atoms with E-state index in [1.165, 1.54) is 0 Å². The Morgan fingerprint density at radius 1 is 1.00 bits per heavy atom. The fourth-order valence-electron chi connectivity index (χ4n) is 2.92. The fourth-order valence-corrected chi connectivity index (χ4v) is 2.92. The summed E-state index contributed by atoms with van der Waals surface area (Å²) in [7, 11) is 0. The van der Waals surface area contributed by atoms with E-state index in [0.717, 1.165) is 22.2 Å². The van der Waals surface area contributed by atoms with Crippen LogP contribution in [0.2, 0.25) is 0 Å². The van der Waals surface area contributed by atoms with Crippen LogP contribution in [-0.4, -0.2) is 35.8 Å². The molecule has 0 radical (unpaired) electrons. The number of nitrogens with one attached hydrogen (secondary N) is 2. The van der Waals surface area contributed by atoms with Gasteiger partial charge in [-0.05, 0) is 18.6 Å². The predicted molar refractivity (Wildman–Crippen MR) is 101 cm³/mol. The molecule has 0 saturated heterocycles. The first-order chi connectivity index (χ1) is 13.0. The Morgan fingerprint density at radius 2 is 1.70 bits per heavy atom. The van der Waals surface area contributed by atoms with E-state index >= 15 is 0 Å². The van der Waals surface area contributed by atoms with Crippen LogP contribution in [0.15, 0.2) is 54.6 Å². The number of benzene rings is 2. The van der Waals surface area contributed by atoms with E-state index in [4.69, 9.17) is 4.74 Å². The summed E-state index contributed by atoms with van der Waals surface area (Å²) in [5.74, 6) is -1.21. The molecule has 0 saturated carbocycles. The number of aromatic amines is 1. The second kappa shape index (κ2) is 8.31. The Balaban J connectivity index is 1.49.